The maximum atomic E-state index is 14.5. The summed E-state index contributed by atoms with van der Waals surface area (Å²) >= 11 is 3.49. The van der Waals surface area contributed by atoms with Gasteiger partial charge in [0.05, 0.1) is 17.2 Å². The zero-order valence-electron chi connectivity index (χ0n) is 26.6. The van der Waals surface area contributed by atoms with E-state index in [-0.39, 0.29) is 35.4 Å². The first-order chi connectivity index (χ1) is 22.5. The summed E-state index contributed by atoms with van der Waals surface area (Å²) in [5, 5.41) is 2.98. The van der Waals surface area contributed by atoms with Gasteiger partial charge in [0.2, 0.25) is 11.8 Å². The minimum atomic E-state index is -4.36. The highest BCUT2D eigenvalue weighted by Crippen LogP contribution is 2.27. The van der Waals surface area contributed by atoms with Crippen LogP contribution in [0.4, 0.5) is 10.1 Å². The highest BCUT2D eigenvalue weighted by molar-refractivity contribution is 9.10. The smallest absolute Gasteiger partial charge is 0.264 e. The maximum absolute atomic E-state index is 14.5. The summed E-state index contributed by atoms with van der Waals surface area (Å²) in [5.41, 5.74) is 1.79. The number of nitrogens with zero attached hydrogens (tertiary/aromatic N) is 2. The number of nitrogens with one attached hydrogen (secondary N) is 1. The van der Waals surface area contributed by atoms with E-state index in [9.17, 15) is 22.4 Å². The van der Waals surface area contributed by atoms with Crippen molar-refractivity contribution < 1.29 is 27.1 Å². The molecular weight excluding hydrogens is 685 g/mol. The Morgan fingerprint density at radius 3 is 2.17 bits per heavy atom. The number of hydrogen-bond donors (Lipinski definition) is 1. The molecule has 2 amide bonds. The van der Waals surface area contributed by atoms with Gasteiger partial charge in [-0.2, -0.15) is 0 Å². The fraction of sp³-hybridized carbons (Fsp3) is 0.278. The average molecular weight is 725 g/mol. The van der Waals surface area contributed by atoms with E-state index >= 15 is 0 Å². The van der Waals surface area contributed by atoms with Gasteiger partial charge < -0.3 is 15.0 Å². The molecule has 1 unspecified atom stereocenters. The summed E-state index contributed by atoms with van der Waals surface area (Å²) in [6.07, 6.45) is 0.207. The number of anilines is 1. The topological polar surface area (TPSA) is 96.0 Å². The summed E-state index contributed by atoms with van der Waals surface area (Å²) in [4.78, 5) is 29.7. The number of carbonyl (C=O) groups is 2. The first-order valence-corrected chi connectivity index (χ1v) is 17.6. The normalized spacial score (nSPS) is 12.0. The Bertz CT molecular complexity index is 1740. The van der Waals surface area contributed by atoms with Gasteiger partial charge in [-0.1, -0.05) is 72.2 Å². The molecule has 0 heterocycles. The summed E-state index contributed by atoms with van der Waals surface area (Å²) in [6, 6.07) is 26.6. The van der Waals surface area contributed by atoms with Gasteiger partial charge in [-0.25, -0.2) is 12.8 Å². The Hall–Kier alpha value is -4.22. The molecule has 0 aromatic heterocycles. The molecule has 0 aliphatic rings. The Balaban J connectivity index is 1.80. The molecule has 0 fully saturated rings. The quantitative estimate of drug-likeness (QED) is 0.149. The van der Waals surface area contributed by atoms with Crippen LogP contribution in [0.15, 0.2) is 112 Å². The van der Waals surface area contributed by atoms with Gasteiger partial charge in [-0.3, -0.25) is 13.9 Å². The molecule has 4 rings (SSSR count). The van der Waals surface area contributed by atoms with Crippen molar-refractivity contribution in [3.05, 3.63) is 125 Å². The van der Waals surface area contributed by atoms with Crippen molar-refractivity contribution in [3.8, 4) is 5.75 Å². The average Bonchev–Trinajstić information content (AvgIpc) is 3.05. The number of halogens is 2. The van der Waals surface area contributed by atoms with Crippen LogP contribution in [0.3, 0.4) is 0 Å². The SMILES string of the molecule is CCOc1ccc(N(CC(=O)N(Cc2cccc(Br)c2)C(Cc2ccccc2)C(=O)NCC(C)C)S(=O)(=O)c2ccc(F)cc2)cc1. The number of amides is 2. The molecule has 0 saturated heterocycles. The number of sulfonamides is 1. The van der Waals surface area contributed by atoms with Crippen LogP contribution in [-0.2, 0) is 32.6 Å². The van der Waals surface area contributed by atoms with Crippen molar-refractivity contribution in [2.24, 2.45) is 5.92 Å². The number of ether oxygens (including phenoxy) is 1. The zero-order valence-corrected chi connectivity index (χ0v) is 29.0. The van der Waals surface area contributed by atoms with E-state index in [0.717, 1.165) is 44.2 Å². The lowest BCUT2D eigenvalue weighted by Gasteiger charge is -2.34. The van der Waals surface area contributed by atoms with Crippen LogP contribution in [0.2, 0.25) is 0 Å². The molecule has 0 bridgehead atoms. The summed E-state index contributed by atoms with van der Waals surface area (Å²) in [6.45, 7) is 6.03. The van der Waals surface area contributed by atoms with E-state index < -0.39 is 34.3 Å². The molecule has 4 aromatic rings. The lowest BCUT2D eigenvalue weighted by atomic mass is 10.0. The van der Waals surface area contributed by atoms with Crippen LogP contribution in [0.25, 0.3) is 0 Å². The third kappa shape index (κ3) is 9.89. The highest BCUT2D eigenvalue weighted by Gasteiger charge is 2.34. The van der Waals surface area contributed by atoms with Crippen molar-refractivity contribution in [2.45, 2.75) is 44.7 Å². The Kier molecular flexibility index (Phi) is 12.6. The molecule has 0 spiro atoms. The van der Waals surface area contributed by atoms with Gasteiger partial charge in [0, 0.05) is 24.0 Å². The third-order valence-corrected chi connectivity index (χ3v) is 9.60. The second-order valence-electron chi connectivity index (χ2n) is 11.4. The fourth-order valence-electron chi connectivity index (χ4n) is 4.95. The Morgan fingerprint density at radius 2 is 1.55 bits per heavy atom. The van der Waals surface area contributed by atoms with E-state index in [2.05, 4.69) is 21.2 Å². The molecule has 8 nitrogen and oxygen atoms in total. The van der Waals surface area contributed by atoms with E-state index in [1.165, 1.54) is 4.90 Å². The summed E-state index contributed by atoms with van der Waals surface area (Å²) in [5.74, 6) is -0.835. The van der Waals surface area contributed by atoms with Gasteiger partial charge in [0.25, 0.3) is 10.0 Å². The van der Waals surface area contributed by atoms with Crippen LogP contribution < -0.4 is 14.4 Å². The second kappa shape index (κ2) is 16.6. The predicted molar refractivity (Wildman–Crippen MR) is 185 cm³/mol. The van der Waals surface area contributed by atoms with Crippen molar-refractivity contribution in [1.29, 1.82) is 0 Å². The molecule has 248 valence electrons. The van der Waals surface area contributed by atoms with E-state index in [1.807, 2.05) is 75.4 Å². The van der Waals surface area contributed by atoms with Gasteiger partial charge >= 0.3 is 0 Å². The number of benzene rings is 4. The number of hydrogen-bond acceptors (Lipinski definition) is 5. The van der Waals surface area contributed by atoms with Crippen molar-refractivity contribution in [3.63, 3.8) is 0 Å². The molecule has 0 radical (unpaired) electrons. The maximum Gasteiger partial charge on any atom is 0.264 e. The van der Waals surface area contributed by atoms with Gasteiger partial charge in [-0.05, 0) is 84.6 Å². The molecule has 0 aliphatic heterocycles. The highest BCUT2D eigenvalue weighted by atomic mass is 79.9. The Labute approximate surface area is 284 Å². The number of rotatable bonds is 15. The standard InChI is InChI=1S/C36H39BrFN3O5S/c1-4-46-32-17-15-31(16-18-32)41(47(44,45)33-19-13-30(38)14-20-33)25-35(42)40(24-28-11-8-12-29(37)21-28)34(36(43)39-23-26(2)3)22-27-9-6-5-7-10-27/h5-21,26,34H,4,22-25H2,1-3H3,(H,39,43). The molecule has 1 atom stereocenters. The fourth-order valence-corrected chi connectivity index (χ4v) is 6.81. The lowest BCUT2D eigenvalue weighted by Crippen LogP contribution is -2.53. The monoisotopic (exact) mass is 723 g/mol. The third-order valence-electron chi connectivity index (χ3n) is 7.31. The van der Waals surface area contributed by atoms with Crippen molar-refractivity contribution in [1.82, 2.24) is 10.2 Å². The van der Waals surface area contributed by atoms with Crippen LogP contribution in [-0.4, -0.2) is 50.9 Å². The zero-order chi connectivity index (χ0) is 34.0. The second-order valence-corrected chi connectivity index (χ2v) is 14.2. The summed E-state index contributed by atoms with van der Waals surface area (Å²) in [7, 11) is -4.36. The van der Waals surface area contributed by atoms with E-state index in [0.29, 0.717) is 18.9 Å². The molecule has 4 aromatic carbocycles. The lowest BCUT2D eigenvalue weighted by molar-refractivity contribution is -0.140. The van der Waals surface area contributed by atoms with E-state index in [4.69, 9.17) is 4.74 Å². The minimum absolute atomic E-state index is 0.0403. The van der Waals surface area contributed by atoms with E-state index in [1.54, 1.807) is 24.3 Å². The molecule has 1 N–H and O–H groups in total. The number of carbonyl (C=O) groups excluding carboxylic acids is 2. The first-order valence-electron chi connectivity index (χ1n) is 15.3. The van der Waals surface area contributed by atoms with Gasteiger partial charge in [0.15, 0.2) is 0 Å². The van der Waals surface area contributed by atoms with Crippen LogP contribution in [0, 0.1) is 11.7 Å². The van der Waals surface area contributed by atoms with Crippen molar-refractivity contribution >= 4 is 43.5 Å². The summed E-state index contributed by atoms with van der Waals surface area (Å²) < 4.78 is 49.3. The van der Waals surface area contributed by atoms with Gasteiger partial charge in [0.1, 0.15) is 24.2 Å². The largest absolute Gasteiger partial charge is 0.494 e. The minimum Gasteiger partial charge on any atom is -0.494 e. The van der Waals surface area contributed by atoms with Crippen LogP contribution in [0.1, 0.15) is 31.9 Å². The predicted octanol–water partition coefficient (Wildman–Crippen LogP) is 6.59. The molecule has 0 aliphatic carbocycles. The molecular formula is C36H39BrFN3O5S. The molecule has 47 heavy (non-hydrogen) atoms. The first kappa shape index (κ1) is 35.6. The van der Waals surface area contributed by atoms with Gasteiger partial charge in [-0.15, -0.1) is 0 Å². The molecule has 0 saturated carbocycles. The van der Waals surface area contributed by atoms with Crippen LogP contribution >= 0.6 is 15.9 Å². The van der Waals surface area contributed by atoms with Crippen LogP contribution in [0.5, 0.6) is 5.75 Å². The molecule has 11 heteroatoms. The van der Waals surface area contributed by atoms with Crippen molar-refractivity contribution in [2.75, 3.05) is 24.0 Å². The Morgan fingerprint density at radius 1 is 0.894 bits per heavy atom.